The van der Waals surface area contributed by atoms with Crippen LogP contribution in [0.3, 0.4) is 0 Å². The molecule has 114 valence electrons. The van der Waals surface area contributed by atoms with E-state index in [9.17, 15) is 4.79 Å². The summed E-state index contributed by atoms with van der Waals surface area (Å²) in [6.07, 6.45) is 1.78. The minimum atomic E-state index is -0.229. The number of halogens is 1. The van der Waals surface area contributed by atoms with Crippen LogP contribution in [0.5, 0.6) is 0 Å². The molecule has 0 radical (unpaired) electrons. The Morgan fingerprint density at radius 2 is 2.10 bits per heavy atom. The molecule has 0 bridgehead atoms. The van der Waals surface area contributed by atoms with E-state index in [1.807, 2.05) is 23.4 Å². The molecule has 0 saturated carbocycles. The van der Waals surface area contributed by atoms with Crippen LogP contribution in [0.1, 0.15) is 38.6 Å². The lowest BCUT2D eigenvalue weighted by Crippen LogP contribution is -2.31. The van der Waals surface area contributed by atoms with Gasteiger partial charge in [0, 0.05) is 13.1 Å². The number of methoxy groups -OCH3 is 1. The lowest BCUT2D eigenvalue weighted by molar-refractivity contribution is -0.142. The fourth-order valence-corrected chi connectivity index (χ4v) is 2.49. The lowest BCUT2D eigenvalue weighted by atomic mass is 10.2. The number of carbonyl (C=O) groups is 1. The molecule has 0 aliphatic heterocycles. The molecule has 1 aromatic heterocycles. The molecule has 1 heterocycles. The van der Waals surface area contributed by atoms with Crippen LogP contribution in [0, 0.1) is 0 Å². The number of aryl methyl sites for hydroxylation is 2. The Labute approximate surface area is 125 Å². The second-order valence-corrected chi connectivity index (χ2v) is 5.04. The summed E-state index contributed by atoms with van der Waals surface area (Å²) in [5.41, 5.74) is 1.89. The maximum atomic E-state index is 11.5. The van der Waals surface area contributed by atoms with E-state index in [-0.39, 0.29) is 12.5 Å². The van der Waals surface area contributed by atoms with Gasteiger partial charge in [0.2, 0.25) is 0 Å². The number of carbonyl (C=O) groups excluding carboxylic acids is 1. The third-order valence-electron chi connectivity index (χ3n) is 3.19. The number of rotatable bonds is 8. The Morgan fingerprint density at radius 1 is 1.40 bits per heavy atom. The van der Waals surface area contributed by atoms with Gasteiger partial charge in [-0.25, -0.2) is 0 Å². The van der Waals surface area contributed by atoms with Gasteiger partial charge < -0.3 is 4.74 Å². The first-order valence-corrected chi connectivity index (χ1v) is 7.48. The standard InChI is InChI=1S/C14H24ClN3O2/c1-5-8-17(10-13(19)20-4)9-12-14(15)11(6-2)16-18(12)7-3/h5-10H2,1-4H3. The van der Waals surface area contributed by atoms with Crippen LogP contribution in [0.15, 0.2) is 0 Å². The molecule has 0 aromatic carbocycles. The Hall–Kier alpha value is -1.07. The molecule has 5 nitrogen and oxygen atoms in total. The van der Waals surface area contributed by atoms with Crippen molar-refractivity contribution in [3.63, 3.8) is 0 Å². The number of hydrogen-bond acceptors (Lipinski definition) is 4. The predicted octanol–water partition coefficient (Wildman–Crippen LogP) is 2.50. The van der Waals surface area contributed by atoms with Crippen LogP contribution in [-0.4, -0.2) is 40.8 Å². The van der Waals surface area contributed by atoms with Gasteiger partial charge in [0.15, 0.2) is 0 Å². The average Bonchev–Trinajstić information content (AvgIpc) is 2.75. The van der Waals surface area contributed by atoms with E-state index in [0.717, 1.165) is 42.3 Å². The normalized spacial score (nSPS) is 11.1. The number of esters is 1. The Balaban J connectivity index is 2.92. The molecule has 0 unspecified atom stereocenters. The molecular formula is C14H24ClN3O2. The van der Waals surface area contributed by atoms with Crippen molar-refractivity contribution >= 4 is 17.6 Å². The summed E-state index contributed by atoms with van der Waals surface area (Å²) in [4.78, 5) is 13.5. The minimum absolute atomic E-state index is 0.229. The van der Waals surface area contributed by atoms with E-state index >= 15 is 0 Å². The molecule has 0 aliphatic carbocycles. The molecule has 0 spiro atoms. The Morgan fingerprint density at radius 3 is 2.60 bits per heavy atom. The van der Waals surface area contributed by atoms with Gasteiger partial charge in [-0.1, -0.05) is 25.4 Å². The monoisotopic (exact) mass is 301 g/mol. The summed E-state index contributed by atoms with van der Waals surface area (Å²) in [7, 11) is 1.41. The van der Waals surface area contributed by atoms with Crippen LogP contribution in [0.2, 0.25) is 5.02 Å². The van der Waals surface area contributed by atoms with Crippen LogP contribution in [0.4, 0.5) is 0 Å². The first kappa shape index (κ1) is 17.0. The summed E-state index contributed by atoms with van der Waals surface area (Å²) in [6.45, 7) is 8.64. The number of ether oxygens (including phenoxy) is 1. The summed E-state index contributed by atoms with van der Waals surface area (Å²) >= 11 is 6.40. The first-order chi connectivity index (χ1) is 9.57. The van der Waals surface area contributed by atoms with Crippen LogP contribution < -0.4 is 0 Å². The first-order valence-electron chi connectivity index (χ1n) is 7.10. The fraction of sp³-hybridized carbons (Fsp3) is 0.714. The van der Waals surface area contributed by atoms with Crippen LogP contribution in [-0.2, 0) is 29.0 Å². The van der Waals surface area contributed by atoms with Gasteiger partial charge in [0.25, 0.3) is 0 Å². The summed E-state index contributed by atoms with van der Waals surface area (Å²) in [5, 5.41) is 5.22. The van der Waals surface area contributed by atoms with Gasteiger partial charge in [0.05, 0.1) is 30.1 Å². The Kier molecular flexibility index (Phi) is 7.02. The Bertz CT molecular complexity index is 446. The summed E-state index contributed by atoms with van der Waals surface area (Å²) in [5.74, 6) is -0.229. The SMILES string of the molecule is CCCN(CC(=O)OC)Cc1c(Cl)c(CC)nn1CC. The fourth-order valence-electron chi connectivity index (χ4n) is 2.16. The van der Waals surface area contributed by atoms with Gasteiger partial charge in [-0.3, -0.25) is 14.4 Å². The second kappa shape index (κ2) is 8.27. The maximum Gasteiger partial charge on any atom is 0.319 e. The van der Waals surface area contributed by atoms with Crippen molar-refractivity contribution in [1.82, 2.24) is 14.7 Å². The highest BCUT2D eigenvalue weighted by Crippen LogP contribution is 2.23. The van der Waals surface area contributed by atoms with Crippen molar-refractivity contribution in [2.75, 3.05) is 20.2 Å². The molecule has 0 aliphatic rings. The van der Waals surface area contributed by atoms with Gasteiger partial charge in [0.1, 0.15) is 0 Å². The van der Waals surface area contributed by atoms with Gasteiger partial charge >= 0.3 is 5.97 Å². The van der Waals surface area contributed by atoms with E-state index in [0.29, 0.717) is 6.54 Å². The lowest BCUT2D eigenvalue weighted by Gasteiger charge is -2.20. The molecule has 0 atom stereocenters. The van der Waals surface area contributed by atoms with E-state index in [1.165, 1.54) is 7.11 Å². The number of hydrogen-bond donors (Lipinski definition) is 0. The van der Waals surface area contributed by atoms with Crippen molar-refractivity contribution in [1.29, 1.82) is 0 Å². The largest absolute Gasteiger partial charge is 0.468 e. The van der Waals surface area contributed by atoms with E-state index in [2.05, 4.69) is 12.0 Å². The predicted molar refractivity (Wildman–Crippen MR) is 79.9 cm³/mol. The molecule has 6 heteroatoms. The van der Waals surface area contributed by atoms with Crippen molar-refractivity contribution in [2.45, 2.75) is 46.7 Å². The third kappa shape index (κ3) is 4.21. The number of aromatic nitrogens is 2. The zero-order chi connectivity index (χ0) is 15.1. The molecule has 1 rings (SSSR count). The quantitative estimate of drug-likeness (QED) is 0.692. The average molecular weight is 302 g/mol. The molecule has 0 N–H and O–H groups in total. The maximum absolute atomic E-state index is 11.5. The van der Waals surface area contributed by atoms with Crippen molar-refractivity contribution in [3.05, 3.63) is 16.4 Å². The molecular weight excluding hydrogens is 278 g/mol. The molecule has 1 aromatic rings. The molecule has 0 saturated heterocycles. The topological polar surface area (TPSA) is 47.4 Å². The highest BCUT2D eigenvalue weighted by atomic mass is 35.5. The minimum Gasteiger partial charge on any atom is -0.468 e. The summed E-state index contributed by atoms with van der Waals surface area (Å²) in [6, 6.07) is 0. The van der Waals surface area contributed by atoms with Gasteiger partial charge in [-0.15, -0.1) is 0 Å². The zero-order valence-electron chi connectivity index (χ0n) is 12.8. The third-order valence-corrected chi connectivity index (χ3v) is 3.62. The molecule has 20 heavy (non-hydrogen) atoms. The van der Waals surface area contributed by atoms with E-state index in [4.69, 9.17) is 16.3 Å². The smallest absolute Gasteiger partial charge is 0.319 e. The zero-order valence-corrected chi connectivity index (χ0v) is 13.5. The van der Waals surface area contributed by atoms with Crippen molar-refractivity contribution < 1.29 is 9.53 Å². The molecule has 0 fully saturated rings. The highest BCUT2D eigenvalue weighted by Gasteiger charge is 2.18. The highest BCUT2D eigenvalue weighted by molar-refractivity contribution is 6.31. The number of nitrogens with zero attached hydrogens (tertiary/aromatic N) is 3. The van der Waals surface area contributed by atoms with Gasteiger partial charge in [-0.05, 0) is 26.3 Å². The van der Waals surface area contributed by atoms with Gasteiger partial charge in [-0.2, -0.15) is 5.10 Å². The second-order valence-electron chi connectivity index (χ2n) is 4.66. The molecule has 0 amide bonds. The van der Waals surface area contributed by atoms with E-state index in [1.54, 1.807) is 0 Å². The van der Waals surface area contributed by atoms with Crippen LogP contribution in [0.25, 0.3) is 0 Å². The van der Waals surface area contributed by atoms with Crippen molar-refractivity contribution in [2.24, 2.45) is 0 Å². The van der Waals surface area contributed by atoms with Crippen molar-refractivity contribution in [3.8, 4) is 0 Å². The summed E-state index contributed by atoms with van der Waals surface area (Å²) < 4.78 is 6.66. The van der Waals surface area contributed by atoms with E-state index < -0.39 is 0 Å². The van der Waals surface area contributed by atoms with Crippen LogP contribution >= 0.6 is 11.6 Å².